The Labute approximate surface area is 152 Å². The lowest BCUT2D eigenvalue weighted by atomic mass is 10.2. The summed E-state index contributed by atoms with van der Waals surface area (Å²) >= 11 is 0. The molecule has 0 aliphatic rings. The van der Waals surface area contributed by atoms with E-state index < -0.39 is 17.8 Å². The normalized spacial score (nSPS) is 12.6. The van der Waals surface area contributed by atoms with Crippen molar-refractivity contribution in [3.05, 3.63) is 59.8 Å². The van der Waals surface area contributed by atoms with Crippen molar-refractivity contribution in [1.29, 1.82) is 0 Å². The molecule has 0 aliphatic heterocycles. The van der Waals surface area contributed by atoms with Gasteiger partial charge in [-0.2, -0.15) is 23.1 Å². The van der Waals surface area contributed by atoms with Gasteiger partial charge in [-0.3, -0.25) is 0 Å². The van der Waals surface area contributed by atoms with Gasteiger partial charge in [0.25, 0.3) is 0 Å². The molecule has 7 nitrogen and oxygen atoms in total. The number of benzene rings is 1. The molecule has 0 spiro atoms. The van der Waals surface area contributed by atoms with E-state index in [-0.39, 0.29) is 30.2 Å². The van der Waals surface area contributed by atoms with Crippen LogP contribution in [0.25, 0.3) is 0 Å². The van der Waals surface area contributed by atoms with Gasteiger partial charge in [-0.15, -0.1) is 4.98 Å². The molecule has 3 rings (SSSR count). The molecular formula is C17H15F3N4O3. The number of hydrogen-bond acceptors (Lipinski definition) is 7. The maximum atomic E-state index is 12.9. The predicted octanol–water partition coefficient (Wildman–Crippen LogP) is 3.72. The second kappa shape index (κ2) is 7.62. The van der Waals surface area contributed by atoms with Gasteiger partial charge in [0.15, 0.2) is 5.82 Å². The van der Waals surface area contributed by atoms with Crippen LogP contribution in [0.3, 0.4) is 0 Å². The van der Waals surface area contributed by atoms with Crippen LogP contribution in [0.4, 0.5) is 13.2 Å². The van der Waals surface area contributed by atoms with E-state index in [0.29, 0.717) is 5.76 Å². The molecule has 0 aliphatic carbocycles. The third-order valence-electron chi connectivity index (χ3n) is 3.38. The topological polar surface area (TPSA) is 96.3 Å². The average molecular weight is 380 g/mol. The first-order valence-electron chi connectivity index (χ1n) is 7.89. The molecule has 142 valence electrons. The van der Waals surface area contributed by atoms with E-state index in [1.807, 2.05) is 0 Å². The van der Waals surface area contributed by atoms with Crippen LogP contribution in [-0.4, -0.2) is 21.6 Å². The van der Waals surface area contributed by atoms with Crippen molar-refractivity contribution in [1.82, 2.24) is 15.0 Å². The van der Waals surface area contributed by atoms with Gasteiger partial charge in [0.2, 0.25) is 0 Å². The summed E-state index contributed by atoms with van der Waals surface area (Å²) in [5.41, 5.74) is 5.21. The summed E-state index contributed by atoms with van der Waals surface area (Å²) in [6.07, 6.45) is -3.05. The number of nitrogens with two attached hydrogens (primary N) is 1. The summed E-state index contributed by atoms with van der Waals surface area (Å²) < 4.78 is 54.4. The quantitative estimate of drug-likeness (QED) is 0.696. The number of hydrogen-bond donors (Lipinski definition) is 1. The molecule has 0 radical (unpaired) electrons. The lowest BCUT2D eigenvalue weighted by molar-refractivity contribution is -0.137. The van der Waals surface area contributed by atoms with Gasteiger partial charge in [0.05, 0.1) is 18.4 Å². The standard InChI is InChI=1S/C17H15F3N4O3/c1-2-25-15-22-14(13(21)12-7-4-8-26-12)23-16(24-15)27-11-6-3-5-10(9-11)17(18,19)20/h3-9,13H,2,21H2,1H3. The third kappa shape index (κ3) is 4.53. The average Bonchev–Trinajstić information content (AvgIpc) is 3.15. The lowest BCUT2D eigenvalue weighted by Gasteiger charge is -2.12. The second-order valence-electron chi connectivity index (χ2n) is 5.31. The number of ether oxygens (including phenoxy) is 2. The number of halogens is 3. The Morgan fingerprint density at radius 3 is 2.56 bits per heavy atom. The van der Waals surface area contributed by atoms with Gasteiger partial charge in [0, 0.05) is 0 Å². The fourth-order valence-corrected chi connectivity index (χ4v) is 2.17. The highest BCUT2D eigenvalue weighted by Gasteiger charge is 2.30. The third-order valence-corrected chi connectivity index (χ3v) is 3.38. The fourth-order valence-electron chi connectivity index (χ4n) is 2.17. The summed E-state index contributed by atoms with van der Waals surface area (Å²) in [6.45, 7) is 1.99. The zero-order valence-electron chi connectivity index (χ0n) is 14.1. The minimum absolute atomic E-state index is 0.0634. The number of furan rings is 1. The molecule has 10 heteroatoms. The van der Waals surface area contributed by atoms with Crippen molar-refractivity contribution in [2.75, 3.05) is 6.61 Å². The Bertz CT molecular complexity index is 901. The van der Waals surface area contributed by atoms with Crippen LogP contribution in [-0.2, 0) is 6.18 Å². The summed E-state index contributed by atoms with van der Waals surface area (Å²) in [4.78, 5) is 12.1. The molecule has 2 heterocycles. The molecule has 2 N–H and O–H groups in total. The Morgan fingerprint density at radius 1 is 1.11 bits per heavy atom. The Balaban J connectivity index is 1.93. The van der Waals surface area contributed by atoms with Crippen molar-refractivity contribution < 1.29 is 27.1 Å². The highest BCUT2D eigenvalue weighted by atomic mass is 19.4. The zero-order valence-corrected chi connectivity index (χ0v) is 14.1. The second-order valence-corrected chi connectivity index (χ2v) is 5.31. The van der Waals surface area contributed by atoms with Gasteiger partial charge in [-0.25, -0.2) is 0 Å². The van der Waals surface area contributed by atoms with Gasteiger partial charge in [-0.1, -0.05) is 6.07 Å². The molecular weight excluding hydrogens is 365 g/mol. The molecule has 2 aromatic heterocycles. The fraction of sp³-hybridized carbons (Fsp3) is 0.235. The van der Waals surface area contributed by atoms with E-state index in [0.717, 1.165) is 12.1 Å². The Kier molecular flexibility index (Phi) is 5.26. The minimum atomic E-state index is -4.50. The van der Waals surface area contributed by atoms with E-state index >= 15 is 0 Å². The SMILES string of the molecule is CCOc1nc(Oc2cccc(C(F)(F)F)c2)nc(C(N)c2ccco2)n1. The lowest BCUT2D eigenvalue weighted by Crippen LogP contribution is -2.16. The molecule has 0 bridgehead atoms. The van der Waals surface area contributed by atoms with Crippen LogP contribution in [0, 0.1) is 0 Å². The van der Waals surface area contributed by atoms with Crippen molar-refractivity contribution in [3.8, 4) is 17.8 Å². The van der Waals surface area contributed by atoms with Crippen LogP contribution in [0.5, 0.6) is 17.8 Å². The first kappa shape index (κ1) is 18.6. The van der Waals surface area contributed by atoms with Crippen molar-refractivity contribution in [2.45, 2.75) is 19.1 Å². The summed E-state index contributed by atoms with van der Waals surface area (Å²) in [5.74, 6) is 0.398. The van der Waals surface area contributed by atoms with Crippen molar-refractivity contribution in [2.24, 2.45) is 5.73 Å². The number of aromatic nitrogens is 3. The highest BCUT2D eigenvalue weighted by Crippen LogP contribution is 2.32. The van der Waals surface area contributed by atoms with Crippen molar-refractivity contribution in [3.63, 3.8) is 0 Å². The summed E-state index contributed by atoms with van der Waals surface area (Å²) in [7, 11) is 0. The molecule has 1 aromatic carbocycles. The Hall–Kier alpha value is -3.14. The molecule has 0 saturated heterocycles. The van der Waals surface area contributed by atoms with Crippen LogP contribution < -0.4 is 15.2 Å². The first-order chi connectivity index (χ1) is 12.9. The van der Waals surface area contributed by atoms with E-state index in [4.69, 9.17) is 19.6 Å². The molecule has 0 amide bonds. The van der Waals surface area contributed by atoms with Gasteiger partial charge < -0.3 is 19.6 Å². The maximum absolute atomic E-state index is 12.9. The van der Waals surface area contributed by atoms with Gasteiger partial charge in [-0.05, 0) is 37.3 Å². The van der Waals surface area contributed by atoms with E-state index in [1.165, 1.54) is 18.4 Å². The molecule has 0 saturated carbocycles. The van der Waals surface area contributed by atoms with Crippen LogP contribution >= 0.6 is 0 Å². The zero-order chi connectivity index (χ0) is 19.4. The molecule has 0 fully saturated rings. The first-order valence-corrected chi connectivity index (χ1v) is 7.89. The Morgan fingerprint density at radius 2 is 1.89 bits per heavy atom. The van der Waals surface area contributed by atoms with Crippen LogP contribution in [0.15, 0.2) is 47.1 Å². The van der Waals surface area contributed by atoms with Crippen molar-refractivity contribution >= 4 is 0 Å². The number of rotatable bonds is 6. The van der Waals surface area contributed by atoms with Crippen LogP contribution in [0.1, 0.15) is 30.1 Å². The summed E-state index contributed by atoms with van der Waals surface area (Å²) in [5, 5.41) is 0. The predicted molar refractivity (Wildman–Crippen MR) is 87.3 cm³/mol. The van der Waals surface area contributed by atoms with E-state index in [9.17, 15) is 13.2 Å². The van der Waals surface area contributed by atoms with Gasteiger partial charge in [0.1, 0.15) is 17.6 Å². The summed E-state index contributed by atoms with van der Waals surface area (Å²) in [6, 6.07) is 6.51. The smallest absolute Gasteiger partial charge is 0.416 e. The maximum Gasteiger partial charge on any atom is 0.416 e. The molecule has 27 heavy (non-hydrogen) atoms. The van der Waals surface area contributed by atoms with Gasteiger partial charge >= 0.3 is 18.2 Å². The van der Waals surface area contributed by atoms with Crippen LogP contribution in [0.2, 0.25) is 0 Å². The largest absolute Gasteiger partial charge is 0.467 e. The highest BCUT2D eigenvalue weighted by molar-refractivity contribution is 5.32. The molecule has 1 atom stereocenters. The number of nitrogens with zero attached hydrogens (tertiary/aromatic N) is 3. The number of alkyl halides is 3. The molecule has 1 unspecified atom stereocenters. The minimum Gasteiger partial charge on any atom is -0.467 e. The monoisotopic (exact) mass is 380 g/mol. The van der Waals surface area contributed by atoms with E-state index in [1.54, 1.807) is 19.1 Å². The van der Waals surface area contributed by atoms with E-state index in [2.05, 4.69) is 15.0 Å². The molecule has 3 aromatic rings.